The van der Waals surface area contributed by atoms with E-state index in [4.69, 9.17) is 0 Å². The molecule has 2 nitrogen and oxygen atoms in total. The summed E-state index contributed by atoms with van der Waals surface area (Å²) in [5.41, 5.74) is 2.99. The van der Waals surface area contributed by atoms with Crippen LogP contribution in [0.15, 0.2) is 30.3 Å². The SMILES string of the molecule is CCCCC(CC)CC(O)c1cc(C)c2ccccc2n1. The van der Waals surface area contributed by atoms with E-state index < -0.39 is 6.10 Å². The van der Waals surface area contributed by atoms with Crippen LogP contribution in [0.2, 0.25) is 0 Å². The second-order valence-corrected chi connectivity index (χ2v) is 6.05. The Bertz CT molecular complexity index is 579. The molecule has 2 rings (SSSR count). The zero-order valence-corrected chi connectivity index (χ0v) is 13.5. The van der Waals surface area contributed by atoms with Gasteiger partial charge in [-0.05, 0) is 37.0 Å². The van der Waals surface area contributed by atoms with Gasteiger partial charge in [-0.15, -0.1) is 0 Å². The molecule has 0 aliphatic carbocycles. The third kappa shape index (κ3) is 4.04. The second kappa shape index (κ2) is 7.56. The van der Waals surface area contributed by atoms with E-state index in [1.807, 2.05) is 24.3 Å². The number of nitrogens with zero attached hydrogens (tertiary/aromatic N) is 1. The molecule has 0 saturated carbocycles. The summed E-state index contributed by atoms with van der Waals surface area (Å²) in [4.78, 5) is 4.65. The number of aliphatic hydroxyl groups excluding tert-OH is 1. The van der Waals surface area contributed by atoms with Gasteiger partial charge in [0.25, 0.3) is 0 Å². The van der Waals surface area contributed by atoms with Gasteiger partial charge in [0.2, 0.25) is 0 Å². The maximum atomic E-state index is 10.5. The molecule has 0 saturated heterocycles. The van der Waals surface area contributed by atoms with Gasteiger partial charge in [-0.3, -0.25) is 4.98 Å². The first-order valence-electron chi connectivity index (χ1n) is 8.20. The first-order chi connectivity index (χ1) is 10.2. The van der Waals surface area contributed by atoms with E-state index in [0.29, 0.717) is 5.92 Å². The average Bonchev–Trinajstić information content (AvgIpc) is 2.51. The van der Waals surface area contributed by atoms with Crippen LogP contribution in [0.5, 0.6) is 0 Å². The van der Waals surface area contributed by atoms with E-state index in [9.17, 15) is 5.11 Å². The fraction of sp³-hybridized carbons (Fsp3) is 0.526. The van der Waals surface area contributed by atoms with Crippen LogP contribution in [0.1, 0.15) is 63.3 Å². The minimum atomic E-state index is -0.449. The van der Waals surface area contributed by atoms with Crippen molar-refractivity contribution in [1.29, 1.82) is 0 Å². The third-order valence-corrected chi connectivity index (χ3v) is 4.38. The summed E-state index contributed by atoms with van der Waals surface area (Å²) in [5.74, 6) is 0.591. The molecule has 0 bridgehead atoms. The van der Waals surface area contributed by atoms with Gasteiger partial charge in [0.05, 0.1) is 17.3 Å². The number of unbranched alkanes of at least 4 members (excludes halogenated alkanes) is 1. The molecule has 1 aromatic carbocycles. The van der Waals surface area contributed by atoms with Crippen molar-refractivity contribution < 1.29 is 5.11 Å². The highest BCUT2D eigenvalue weighted by Gasteiger charge is 2.16. The highest BCUT2D eigenvalue weighted by atomic mass is 16.3. The maximum Gasteiger partial charge on any atom is 0.0962 e. The van der Waals surface area contributed by atoms with E-state index in [0.717, 1.165) is 24.1 Å². The lowest BCUT2D eigenvalue weighted by molar-refractivity contribution is 0.135. The topological polar surface area (TPSA) is 33.1 Å². The van der Waals surface area contributed by atoms with Crippen LogP contribution in [0.3, 0.4) is 0 Å². The smallest absolute Gasteiger partial charge is 0.0962 e. The summed E-state index contributed by atoms with van der Waals surface area (Å²) in [6, 6.07) is 10.2. The first kappa shape index (κ1) is 16.0. The first-order valence-corrected chi connectivity index (χ1v) is 8.20. The number of aromatic nitrogens is 1. The third-order valence-electron chi connectivity index (χ3n) is 4.38. The minimum Gasteiger partial charge on any atom is -0.387 e. The van der Waals surface area contributed by atoms with Crippen molar-refractivity contribution in [2.24, 2.45) is 5.92 Å². The summed E-state index contributed by atoms with van der Waals surface area (Å²) in [7, 11) is 0. The Morgan fingerprint density at radius 3 is 2.67 bits per heavy atom. The van der Waals surface area contributed by atoms with Gasteiger partial charge >= 0.3 is 0 Å². The van der Waals surface area contributed by atoms with Gasteiger partial charge in [0, 0.05) is 5.39 Å². The molecule has 114 valence electrons. The Hall–Kier alpha value is -1.41. The molecule has 21 heavy (non-hydrogen) atoms. The standard InChI is InChI=1S/C19H27NO/c1-4-6-9-15(5-2)13-19(21)18-12-14(3)16-10-7-8-11-17(16)20-18/h7-8,10-12,15,19,21H,4-6,9,13H2,1-3H3. The summed E-state index contributed by atoms with van der Waals surface area (Å²) in [6.07, 6.45) is 5.17. The molecule has 2 unspecified atom stereocenters. The molecule has 1 N–H and O–H groups in total. The fourth-order valence-corrected chi connectivity index (χ4v) is 2.96. The lowest BCUT2D eigenvalue weighted by atomic mass is 9.91. The number of hydrogen-bond acceptors (Lipinski definition) is 2. The number of aryl methyl sites for hydroxylation is 1. The molecule has 2 aromatic rings. The van der Waals surface area contributed by atoms with Gasteiger partial charge in [-0.1, -0.05) is 57.7 Å². The van der Waals surface area contributed by atoms with E-state index >= 15 is 0 Å². The van der Waals surface area contributed by atoms with Crippen molar-refractivity contribution in [2.45, 2.75) is 59.0 Å². The van der Waals surface area contributed by atoms with Crippen molar-refractivity contribution in [2.75, 3.05) is 0 Å². The lowest BCUT2D eigenvalue weighted by Crippen LogP contribution is -2.09. The van der Waals surface area contributed by atoms with Crippen LogP contribution < -0.4 is 0 Å². The number of aliphatic hydroxyl groups is 1. The van der Waals surface area contributed by atoms with Gasteiger partial charge in [0.1, 0.15) is 0 Å². The molecular formula is C19H27NO. The van der Waals surface area contributed by atoms with E-state index in [2.05, 4.69) is 31.8 Å². The average molecular weight is 285 g/mol. The lowest BCUT2D eigenvalue weighted by Gasteiger charge is -2.19. The van der Waals surface area contributed by atoms with E-state index in [1.165, 1.54) is 30.2 Å². The molecule has 0 aliphatic heterocycles. The zero-order chi connectivity index (χ0) is 15.2. The van der Waals surface area contributed by atoms with Crippen molar-refractivity contribution in [1.82, 2.24) is 4.98 Å². The van der Waals surface area contributed by atoms with Gasteiger partial charge in [-0.25, -0.2) is 0 Å². The number of fused-ring (bicyclic) bond motifs is 1. The normalized spacial score (nSPS) is 14.3. The Morgan fingerprint density at radius 2 is 1.95 bits per heavy atom. The molecular weight excluding hydrogens is 258 g/mol. The van der Waals surface area contributed by atoms with E-state index in [1.54, 1.807) is 0 Å². The van der Waals surface area contributed by atoms with Crippen molar-refractivity contribution >= 4 is 10.9 Å². The van der Waals surface area contributed by atoms with Gasteiger partial charge < -0.3 is 5.11 Å². The molecule has 2 atom stereocenters. The predicted molar refractivity (Wildman–Crippen MR) is 89.4 cm³/mol. The molecule has 0 amide bonds. The molecule has 0 spiro atoms. The monoisotopic (exact) mass is 285 g/mol. The highest BCUT2D eigenvalue weighted by Crippen LogP contribution is 2.28. The van der Waals surface area contributed by atoms with Crippen LogP contribution in [-0.4, -0.2) is 10.1 Å². The van der Waals surface area contributed by atoms with Gasteiger partial charge in [-0.2, -0.15) is 0 Å². The number of pyridine rings is 1. The Kier molecular flexibility index (Phi) is 5.75. The van der Waals surface area contributed by atoms with E-state index in [-0.39, 0.29) is 0 Å². The Labute approximate surface area is 128 Å². The molecule has 0 radical (unpaired) electrons. The molecule has 0 aliphatic rings. The summed E-state index contributed by atoms with van der Waals surface area (Å²) >= 11 is 0. The summed E-state index contributed by atoms with van der Waals surface area (Å²) in [5, 5.41) is 11.7. The largest absolute Gasteiger partial charge is 0.387 e. The molecule has 0 fully saturated rings. The van der Waals surface area contributed by atoms with Crippen molar-refractivity contribution in [3.05, 3.63) is 41.6 Å². The minimum absolute atomic E-state index is 0.449. The predicted octanol–water partition coefficient (Wildman–Crippen LogP) is 5.18. The second-order valence-electron chi connectivity index (χ2n) is 6.05. The fourth-order valence-electron chi connectivity index (χ4n) is 2.96. The van der Waals surface area contributed by atoms with Crippen molar-refractivity contribution in [3.63, 3.8) is 0 Å². The number of hydrogen-bond donors (Lipinski definition) is 1. The number of para-hydroxylation sites is 1. The van der Waals surface area contributed by atoms with Crippen LogP contribution in [-0.2, 0) is 0 Å². The molecule has 1 aromatic heterocycles. The van der Waals surface area contributed by atoms with Crippen molar-refractivity contribution in [3.8, 4) is 0 Å². The number of rotatable bonds is 7. The maximum absolute atomic E-state index is 10.5. The Morgan fingerprint density at radius 1 is 1.19 bits per heavy atom. The van der Waals surface area contributed by atoms with Gasteiger partial charge in [0.15, 0.2) is 0 Å². The Balaban J connectivity index is 2.16. The van der Waals surface area contributed by atoms with Crippen LogP contribution >= 0.6 is 0 Å². The zero-order valence-electron chi connectivity index (χ0n) is 13.5. The number of benzene rings is 1. The summed E-state index contributed by atoms with van der Waals surface area (Å²) in [6.45, 7) is 6.53. The quantitative estimate of drug-likeness (QED) is 0.760. The van der Waals surface area contributed by atoms with Crippen LogP contribution in [0.25, 0.3) is 10.9 Å². The highest BCUT2D eigenvalue weighted by molar-refractivity contribution is 5.82. The van der Waals surface area contributed by atoms with Crippen LogP contribution in [0.4, 0.5) is 0 Å². The molecule has 2 heteroatoms. The summed E-state index contributed by atoms with van der Waals surface area (Å²) < 4.78 is 0. The van der Waals surface area contributed by atoms with Crippen LogP contribution in [0, 0.1) is 12.8 Å². The molecule has 1 heterocycles.